The van der Waals surface area contributed by atoms with Gasteiger partial charge >= 0.3 is 5.97 Å². The number of hydrogen-bond acceptors (Lipinski definition) is 5. The molecule has 0 aromatic heterocycles. The van der Waals surface area contributed by atoms with Crippen molar-refractivity contribution in [2.24, 2.45) is 0 Å². The highest BCUT2D eigenvalue weighted by molar-refractivity contribution is 6.00. The van der Waals surface area contributed by atoms with Crippen molar-refractivity contribution in [3.63, 3.8) is 0 Å². The van der Waals surface area contributed by atoms with E-state index in [1.54, 1.807) is 0 Å². The highest BCUT2D eigenvalue weighted by Crippen LogP contribution is 2.12. The number of carbonyl (C=O) groups is 3. The maximum atomic E-state index is 11.3. The van der Waals surface area contributed by atoms with Gasteiger partial charge in [-0.05, 0) is 19.3 Å². The van der Waals surface area contributed by atoms with Gasteiger partial charge in [0.1, 0.15) is 0 Å². The number of ether oxygens (including phenoxy) is 1. The maximum absolute atomic E-state index is 11.3. The van der Waals surface area contributed by atoms with Crippen molar-refractivity contribution in [2.75, 3.05) is 13.2 Å². The molecule has 108 valence electrons. The summed E-state index contributed by atoms with van der Waals surface area (Å²) < 4.78 is 5.00. The van der Waals surface area contributed by atoms with E-state index in [4.69, 9.17) is 9.57 Å². The third-order valence-corrected chi connectivity index (χ3v) is 2.76. The van der Waals surface area contributed by atoms with E-state index in [-0.39, 0.29) is 37.2 Å². The number of carbonyl (C=O) groups excluding carboxylic acids is 3. The normalized spacial score (nSPS) is 15.1. The van der Waals surface area contributed by atoms with E-state index in [9.17, 15) is 14.4 Å². The van der Waals surface area contributed by atoms with Gasteiger partial charge in [0.2, 0.25) is 0 Å². The van der Waals surface area contributed by atoms with Crippen LogP contribution in [0.4, 0.5) is 0 Å². The molecule has 0 unspecified atom stereocenters. The summed E-state index contributed by atoms with van der Waals surface area (Å²) in [7, 11) is 0. The first-order chi connectivity index (χ1) is 9.15. The molecule has 0 bridgehead atoms. The fourth-order valence-corrected chi connectivity index (χ4v) is 1.63. The molecule has 1 aliphatic heterocycles. The number of imide groups is 1. The van der Waals surface area contributed by atoms with E-state index < -0.39 is 0 Å². The van der Waals surface area contributed by atoms with Gasteiger partial charge in [0.05, 0.1) is 13.2 Å². The molecule has 0 radical (unpaired) electrons. The Morgan fingerprint density at radius 3 is 2.42 bits per heavy atom. The largest absolute Gasteiger partial charge is 0.466 e. The summed E-state index contributed by atoms with van der Waals surface area (Å²) in [5, 5.41) is 0.833. The van der Waals surface area contributed by atoms with E-state index in [2.05, 4.69) is 0 Å². The molecule has 0 atom stereocenters. The predicted molar refractivity (Wildman–Crippen MR) is 66.8 cm³/mol. The van der Waals surface area contributed by atoms with Gasteiger partial charge in [-0.2, -0.15) is 5.06 Å². The smallest absolute Gasteiger partial charge is 0.305 e. The lowest BCUT2D eigenvalue weighted by atomic mass is 10.2. The molecule has 6 nitrogen and oxygen atoms in total. The van der Waals surface area contributed by atoms with Crippen LogP contribution in [0.25, 0.3) is 0 Å². The van der Waals surface area contributed by atoms with Gasteiger partial charge < -0.3 is 4.74 Å². The van der Waals surface area contributed by atoms with Crippen molar-refractivity contribution >= 4 is 17.8 Å². The SMILES string of the molecule is CCCCOC(=O)CCCCON1C(=O)CCC1=O. The van der Waals surface area contributed by atoms with Crippen LogP contribution >= 0.6 is 0 Å². The number of hydrogen-bond donors (Lipinski definition) is 0. The molecule has 6 heteroatoms. The minimum absolute atomic E-state index is 0.207. The Labute approximate surface area is 113 Å². The zero-order valence-corrected chi connectivity index (χ0v) is 11.4. The standard InChI is InChI=1S/C13H21NO5/c1-2-3-9-18-13(17)6-4-5-10-19-14-11(15)7-8-12(14)16/h2-10H2,1H3. The zero-order chi connectivity index (χ0) is 14.1. The molecule has 0 aromatic rings. The summed E-state index contributed by atoms with van der Waals surface area (Å²) in [6, 6.07) is 0. The summed E-state index contributed by atoms with van der Waals surface area (Å²) in [5.74, 6) is -0.783. The van der Waals surface area contributed by atoms with Gasteiger partial charge in [0.15, 0.2) is 0 Å². The molecule has 19 heavy (non-hydrogen) atoms. The van der Waals surface area contributed by atoms with Crippen molar-refractivity contribution in [1.82, 2.24) is 5.06 Å². The number of nitrogens with zero attached hydrogens (tertiary/aromatic N) is 1. The second-order valence-electron chi connectivity index (χ2n) is 4.45. The average Bonchev–Trinajstić information content (AvgIpc) is 2.70. The molecule has 0 saturated carbocycles. The van der Waals surface area contributed by atoms with E-state index in [0.29, 0.717) is 25.9 Å². The quantitative estimate of drug-likeness (QED) is 0.361. The van der Waals surface area contributed by atoms with Crippen LogP contribution in [-0.2, 0) is 24.0 Å². The van der Waals surface area contributed by atoms with Crippen LogP contribution in [0.3, 0.4) is 0 Å². The Balaban J connectivity index is 2.00. The Hall–Kier alpha value is -1.43. The van der Waals surface area contributed by atoms with Crippen molar-refractivity contribution in [3.05, 3.63) is 0 Å². The fourth-order valence-electron chi connectivity index (χ4n) is 1.63. The summed E-state index contributed by atoms with van der Waals surface area (Å²) >= 11 is 0. The molecule has 0 aromatic carbocycles. The molecule has 1 aliphatic rings. The van der Waals surface area contributed by atoms with Crippen LogP contribution in [0.15, 0.2) is 0 Å². The van der Waals surface area contributed by atoms with Crippen LogP contribution < -0.4 is 0 Å². The lowest BCUT2D eigenvalue weighted by molar-refractivity contribution is -0.188. The number of hydroxylamine groups is 2. The Bertz CT molecular complexity index is 313. The maximum Gasteiger partial charge on any atom is 0.305 e. The first kappa shape index (κ1) is 15.6. The molecular weight excluding hydrogens is 250 g/mol. The molecule has 1 saturated heterocycles. The minimum Gasteiger partial charge on any atom is -0.466 e. The third-order valence-electron chi connectivity index (χ3n) is 2.76. The van der Waals surface area contributed by atoms with Gasteiger partial charge in [-0.25, -0.2) is 0 Å². The van der Waals surface area contributed by atoms with Crippen LogP contribution in [0.1, 0.15) is 51.9 Å². The minimum atomic E-state index is -0.288. The van der Waals surface area contributed by atoms with Crippen LogP contribution in [0.2, 0.25) is 0 Å². The Kier molecular flexibility index (Phi) is 7.10. The number of amides is 2. The first-order valence-corrected chi connectivity index (χ1v) is 6.79. The van der Waals surface area contributed by atoms with Gasteiger partial charge in [-0.15, -0.1) is 0 Å². The Morgan fingerprint density at radius 1 is 1.11 bits per heavy atom. The highest BCUT2D eigenvalue weighted by atomic mass is 16.7. The predicted octanol–water partition coefficient (Wildman–Crippen LogP) is 1.58. The van der Waals surface area contributed by atoms with Crippen molar-refractivity contribution in [2.45, 2.75) is 51.9 Å². The average molecular weight is 271 g/mol. The third kappa shape index (κ3) is 5.83. The summed E-state index contributed by atoms with van der Waals surface area (Å²) in [6.45, 7) is 2.77. The van der Waals surface area contributed by atoms with Crippen molar-refractivity contribution in [3.8, 4) is 0 Å². The second-order valence-corrected chi connectivity index (χ2v) is 4.45. The molecule has 2 amide bonds. The van der Waals surface area contributed by atoms with Crippen molar-refractivity contribution in [1.29, 1.82) is 0 Å². The number of unbranched alkanes of at least 4 members (excludes halogenated alkanes) is 2. The molecule has 0 N–H and O–H groups in total. The summed E-state index contributed by atoms with van der Waals surface area (Å²) in [6.07, 6.45) is 3.91. The van der Waals surface area contributed by atoms with Crippen molar-refractivity contribution < 1.29 is 24.0 Å². The lowest BCUT2D eigenvalue weighted by Gasteiger charge is -2.12. The van der Waals surface area contributed by atoms with E-state index in [0.717, 1.165) is 17.9 Å². The number of esters is 1. The van der Waals surface area contributed by atoms with E-state index >= 15 is 0 Å². The highest BCUT2D eigenvalue weighted by Gasteiger charge is 2.29. The topological polar surface area (TPSA) is 72.9 Å². The number of rotatable bonds is 9. The monoisotopic (exact) mass is 271 g/mol. The lowest BCUT2D eigenvalue weighted by Crippen LogP contribution is -2.29. The first-order valence-electron chi connectivity index (χ1n) is 6.79. The van der Waals surface area contributed by atoms with Gasteiger partial charge in [-0.1, -0.05) is 13.3 Å². The summed E-state index contributed by atoms with van der Waals surface area (Å²) in [4.78, 5) is 38.8. The van der Waals surface area contributed by atoms with Crippen LogP contribution in [0, 0.1) is 0 Å². The second kappa shape index (κ2) is 8.63. The van der Waals surface area contributed by atoms with E-state index in [1.165, 1.54) is 0 Å². The van der Waals surface area contributed by atoms with Gasteiger partial charge in [0.25, 0.3) is 11.8 Å². The molecule has 1 fully saturated rings. The fraction of sp³-hybridized carbons (Fsp3) is 0.769. The van der Waals surface area contributed by atoms with E-state index in [1.807, 2.05) is 6.92 Å². The Morgan fingerprint density at radius 2 is 1.79 bits per heavy atom. The molecule has 0 spiro atoms. The molecular formula is C13H21NO5. The zero-order valence-electron chi connectivity index (χ0n) is 11.4. The summed E-state index contributed by atoms with van der Waals surface area (Å²) in [5.41, 5.74) is 0. The molecule has 1 heterocycles. The van der Waals surface area contributed by atoms with Crippen LogP contribution in [-0.4, -0.2) is 36.1 Å². The molecule has 1 rings (SSSR count). The van der Waals surface area contributed by atoms with Gasteiger partial charge in [-0.3, -0.25) is 19.2 Å². The van der Waals surface area contributed by atoms with Crippen LogP contribution in [0.5, 0.6) is 0 Å². The molecule has 0 aliphatic carbocycles. The van der Waals surface area contributed by atoms with Gasteiger partial charge in [0, 0.05) is 19.3 Å².